The molecule has 0 amide bonds. The van der Waals surface area contributed by atoms with Crippen LogP contribution in [0.1, 0.15) is 53.2 Å². The summed E-state index contributed by atoms with van der Waals surface area (Å²) in [5.74, 6) is -2.82. The predicted molar refractivity (Wildman–Crippen MR) is 131 cm³/mol. The lowest BCUT2D eigenvalue weighted by Gasteiger charge is -2.56. The van der Waals surface area contributed by atoms with Crippen LogP contribution in [0, 0.1) is 18.6 Å². The smallest absolute Gasteiger partial charge is 0.223 e. The molecule has 0 radical (unpaired) electrons. The monoisotopic (exact) mass is 513 g/mol. The molecule has 2 N–H and O–H groups in total. The summed E-state index contributed by atoms with van der Waals surface area (Å²) in [7, 11) is 0. The first-order chi connectivity index (χ1) is 17.3. The molecule has 36 heavy (non-hydrogen) atoms. The van der Waals surface area contributed by atoms with Crippen molar-refractivity contribution in [1.29, 1.82) is 0 Å². The molecule has 3 aliphatic rings. The third kappa shape index (κ3) is 3.31. The predicted octanol–water partition coefficient (Wildman–Crippen LogP) is 4.06. The fourth-order valence-corrected chi connectivity index (χ4v) is 6.33. The van der Waals surface area contributed by atoms with Gasteiger partial charge in [0, 0.05) is 28.2 Å². The molecule has 6 rings (SSSR count). The largest absolute Gasteiger partial charge is 0.503 e. The molecule has 188 valence electrons. The standard InChI is InChI=1S/C26H25F2N3O4S/c1-15-16(7-13-36-15)21-17-4-5-18(27)20(28)24(17)35-12-3-10-26(8-2-9-26)29-14-31(21)30-11-6-19(32)23(33)22(30)25(29)34/h3-7,10-11,13,21,25,33-34H,2,8-9,12,14H2,1H3/b10-3+/t21-,25?/m0/s1. The van der Waals surface area contributed by atoms with Crippen molar-refractivity contribution in [3.05, 3.63) is 91.6 Å². The fourth-order valence-electron chi connectivity index (χ4n) is 5.60. The van der Waals surface area contributed by atoms with Crippen LogP contribution in [0.5, 0.6) is 11.5 Å². The molecule has 1 fully saturated rings. The van der Waals surface area contributed by atoms with E-state index in [9.17, 15) is 19.4 Å². The fraction of sp³-hybridized carbons (Fsp3) is 0.346. The third-order valence-electron chi connectivity index (χ3n) is 7.61. The van der Waals surface area contributed by atoms with Crippen LogP contribution in [-0.2, 0) is 0 Å². The van der Waals surface area contributed by atoms with Gasteiger partial charge in [0.15, 0.2) is 23.5 Å². The number of aromatic nitrogens is 1. The molecule has 2 unspecified atom stereocenters. The van der Waals surface area contributed by atoms with Gasteiger partial charge in [0.1, 0.15) is 18.3 Å². The van der Waals surface area contributed by atoms with Gasteiger partial charge >= 0.3 is 0 Å². The van der Waals surface area contributed by atoms with E-state index in [1.165, 1.54) is 29.7 Å². The molecule has 10 heteroatoms. The number of aromatic hydroxyl groups is 1. The van der Waals surface area contributed by atoms with Crippen LogP contribution in [0.15, 0.2) is 52.8 Å². The number of ether oxygens (including phenoxy) is 1. The van der Waals surface area contributed by atoms with Gasteiger partial charge in [-0.2, -0.15) is 4.39 Å². The Morgan fingerprint density at radius 2 is 1.97 bits per heavy atom. The molecule has 1 saturated carbocycles. The van der Waals surface area contributed by atoms with E-state index in [1.807, 2.05) is 34.4 Å². The van der Waals surface area contributed by atoms with Gasteiger partial charge in [0.2, 0.25) is 11.2 Å². The summed E-state index contributed by atoms with van der Waals surface area (Å²) in [4.78, 5) is 15.3. The lowest BCUT2D eigenvalue weighted by atomic mass is 9.74. The molecule has 2 aromatic heterocycles. The van der Waals surface area contributed by atoms with E-state index in [0.29, 0.717) is 5.56 Å². The van der Waals surface area contributed by atoms with Crippen molar-refractivity contribution in [3.8, 4) is 11.5 Å². The van der Waals surface area contributed by atoms with Crippen molar-refractivity contribution in [2.75, 3.05) is 18.3 Å². The molecule has 4 heterocycles. The number of benzene rings is 1. The minimum atomic E-state index is -1.25. The molecular formula is C26H25F2N3O4S. The van der Waals surface area contributed by atoms with E-state index in [4.69, 9.17) is 4.74 Å². The number of aliphatic hydroxyl groups is 1. The second kappa shape index (κ2) is 8.43. The Balaban J connectivity index is 1.67. The van der Waals surface area contributed by atoms with Crippen LogP contribution in [0.25, 0.3) is 0 Å². The van der Waals surface area contributed by atoms with Crippen molar-refractivity contribution in [1.82, 2.24) is 9.58 Å². The van der Waals surface area contributed by atoms with E-state index in [0.717, 1.165) is 35.8 Å². The Labute approximate surface area is 210 Å². The van der Waals surface area contributed by atoms with Crippen molar-refractivity contribution < 1.29 is 23.7 Å². The van der Waals surface area contributed by atoms with Crippen LogP contribution in [0.2, 0.25) is 0 Å². The number of halogens is 2. The molecule has 3 atom stereocenters. The summed E-state index contributed by atoms with van der Waals surface area (Å²) in [5, 5.41) is 26.1. The summed E-state index contributed by atoms with van der Waals surface area (Å²) in [6.07, 6.45) is 6.38. The number of thiophene rings is 1. The first kappa shape index (κ1) is 23.2. The highest BCUT2D eigenvalue weighted by molar-refractivity contribution is 7.10. The van der Waals surface area contributed by atoms with Crippen LogP contribution >= 0.6 is 11.3 Å². The maximum absolute atomic E-state index is 15.2. The van der Waals surface area contributed by atoms with Gasteiger partial charge in [-0.05, 0) is 61.4 Å². The van der Waals surface area contributed by atoms with E-state index >= 15 is 4.39 Å². The van der Waals surface area contributed by atoms with Crippen LogP contribution in [-0.4, -0.2) is 38.6 Å². The zero-order chi connectivity index (χ0) is 25.2. The molecule has 1 spiro atoms. The molecule has 1 aliphatic carbocycles. The third-order valence-corrected chi connectivity index (χ3v) is 8.48. The van der Waals surface area contributed by atoms with Gasteiger partial charge in [-0.3, -0.25) is 14.5 Å². The van der Waals surface area contributed by atoms with E-state index in [2.05, 4.69) is 0 Å². The Bertz CT molecular complexity index is 1430. The summed E-state index contributed by atoms with van der Waals surface area (Å²) >= 11 is 1.52. The normalized spacial score (nSPS) is 25.2. The summed E-state index contributed by atoms with van der Waals surface area (Å²) in [6.45, 7) is 2.16. The number of hydrogen-bond donors (Lipinski definition) is 2. The molecule has 3 aromatic rings. The van der Waals surface area contributed by atoms with Gasteiger partial charge in [0.05, 0.1) is 6.67 Å². The molecule has 7 nitrogen and oxygen atoms in total. The summed E-state index contributed by atoms with van der Waals surface area (Å²) in [5.41, 5.74) is 0.125. The molecular weight excluding hydrogens is 488 g/mol. The van der Waals surface area contributed by atoms with Crippen molar-refractivity contribution >= 4 is 11.3 Å². The van der Waals surface area contributed by atoms with Crippen molar-refractivity contribution in [3.63, 3.8) is 0 Å². The van der Waals surface area contributed by atoms with E-state index < -0.39 is 40.6 Å². The highest BCUT2D eigenvalue weighted by Crippen LogP contribution is 2.48. The number of fused-ring (bicyclic) bond motifs is 6. The van der Waals surface area contributed by atoms with Crippen LogP contribution < -0.4 is 15.2 Å². The molecule has 1 aromatic carbocycles. The van der Waals surface area contributed by atoms with Gasteiger partial charge in [-0.15, -0.1) is 11.3 Å². The van der Waals surface area contributed by atoms with Gasteiger partial charge < -0.3 is 14.9 Å². The van der Waals surface area contributed by atoms with Crippen LogP contribution in [0.4, 0.5) is 8.78 Å². The number of aryl methyl sites for hydroxylation is 1. The zero-order valence-corrected chi connectivity index (χ0v) is 20.3. The minimum absolute atomic E-state index is 0.0183. The Hall–Kier alpha value is -3.21. The molecule has 2 aliphatic heterocycles. The van der Waals surface area contributed by atoms with Crippen molar-refractivity contribution in [2.24, 2.45) is 0 Å². The maximum Gasteiger partial charge on any atom is 0.223 e. The highest BCUT2D eigenvalue weighted by atomic mass is 32.1. The number of hydrogen-bond acceptors (Lipinski definition) is 7. The lowest BCUT2D eigenvalue weighted by molar-refractivity contribution is -0.104. The number of nitrogens with zero attached hydrogens (tertiary/aromatic N) is 3. The second-order valence-electron chi connectivity index (χ2n) is 9.47. The average Bonchev–Trinajstić information content (AvgIpc) is 3.24. The van der Waals surface area contributed by atoms with Crippen LogP contribution in [0.3, 0.4) is 0 Å². The van der Waals surface area contributed by atoms with Crippen molar-refractivity contribution in [2.45, 2.75) is 44.0 Å². The SMILES string of the molecule is Cc1sccc1[C@H]1c2ccc(F)c(F)c2OC/C=C/C2(CCC2)N2CN1n1ccc(=O)c(O)c1C2O. The van der Waals surface area contributed by atoms with E-state index in [-0.39, 0.29) is 24.7 Å². The number of pyridine rings is 1. The Morgan fingerprint density at radius 3 is 2.67 bits per heavy atom. The second-order valence-corrected chi connectivity index (χ2v) is 10.6. The first-order valence-electron chi connectivity index (χ1n) is 11.8. The molecule has 0 saturated heterocycles. The first-order valence-corrected chi connectivity index (χ1v) is 12.7. The lowest BCUT2D eigenvalue weighted by Crippen LogP contribution is -2.63. The average molecular weight is 514 g/mol. The minimum Gasteiger partial charge on any atom is -0.503 e. The molecule has 2 bridgehead atoms. The number of rotatable bonds is 1. The summed E-state index contributed by atoms with van der Waals surface area (Å²) < 4.78 is 37.0. The Kier molecular flexibility index (Phi) is 5.43. The van der Waals surface area contributed by atoms with E-state index in [1.54, 1.807) is 10.8 Å². The van der Waals surface area contributed by atoms with Gasteiger partial charge in [-0.1, -0.05) is 6.08 Å². The zero-order valence-electron chi connectivity index (χ0n) is 19.5. The highest BCUT2D eigenvalue weighted by Gasteiger charge is 2.49. The quantitative estimate of drug-likeness (QED) is 0.478. The van der Waals surface area contributed by atoms with Gasteiger partial charge in [0.25, 0.3) is 0 Å². The Morgan fingerprint density at radius 1 is 1.17 bits per heavy atom. The topological polar surface area (TPSA) is 78.2 Å². The summed E-state index contributed by atoms with van der Waals surface area (Å²) in [6, 6.07) is 5.06. The number of aliphatic hydroxyl groups excluding tert-OH is 1. The maximum atomic E-state index is 15.2. The van der Waals surface area contributed by atoms with Gasteiger partial charge in [-0.25, -0.2) is 9.29 Å².